The molecule has 0 N–H and O–H groups in total. The summed E-state index contributed by atoms with van der Waals surface area (Å²) in [5, 5.41) is 20.0. The van der Waals surface area contributed by atoms with Crippen LogP contribution in [-0.4, -0.2) is 23.0 Å². The van der Waals surface area contributed by atoms with Crippen LogP contribution in [0.25, 0.3) is 0 Å². The largest absolute Gasteiger partial charge is 2.00 e. The predicted molar refractivity (Wildman–Crippen MR) is 184 cm³/mol. The van der Waals surface area contributed by atoms with Gasteiger partial charge >= 0.3 is 16.5 Å². The van der Waals surface area contributed by atoms with Crippen LogP contribution in [0, 0.1) is 0 Å². The van der Waals surface area contributed by atoms with Crippen molar-refractivity contribution in [1.82, 2.24) is 0 Å². The van der Waals surface area contributed by atoms with E-state index in [-0.39, 0.29) is 39.6 Å². The van der Waals surface area contributed by atoms with E-state index in [1.54, 1.807) is 0 Å². The van der Waals surface area contributed by atoms with E-state index in [9.17, 15) is 19.8 Å². The molecule has 45 heavy (non-hydrogen) atoms. The first-order valence-electron chi connectivity index (χ1n) is 15.4. The Bertz CT molecular complexity index is 1210. The van der Waals surface area contributed by atoms with Gasteiger partial charge in [-0.1, -0.05) is 106 Å². The molecule has 0 aliphatic rings. The average molecular weight is 662 g/mol. The zero-order valence-electron chi connectivity index (χ0n) is 29.8. The number of hydrogen-bond acceptors (Lipinski definition) is 6. The van der Waals surface area contributed by atoms with Crippen LogP contribution in [0.3, 0.4) is 0 Å². The molecule has 0 bridgehead atoms. The Morgan fingerprint density at radius 3 is 0.889 bits per heavy atom. The molecule has 0 aromatic heterocycles. The molecule has 7 heteroatoms. The van der Waals surface area contributed by atoms with Crippen LogP contribution >= 0.6 is 0 Å². The molecule has 0 heterocycles. The Balaban J connectivity index is 0. The SMILES string of the molecule is CC(=N\c1c(C(C)C)cccc1C(C)C)/C(C)=N/c1c(C(C)C)cccc1C(C)C.CC(=O)/C=C(/C)[O-].CC(=O)/C=C(/C)[O-].[Ni+2]. The third-order valence-electron chi connectivity index (χ3n) is 6.58. The molecule has 0 saturated carbocycles. The van der Waals surface area contributed by atoms with Gasteiger partial charge in [-0.3, -0.25) is 19.6 Å². The summed E-state index contributed by atoms with van der Waals surface area (Å²) >= 11 is 0. The smallest absolute Gasteiger partial charge is 0.876 e. The number of carbonyl (C=O) groups is 2. The fourth-order valence-corrected chi connectivity index (χ4v) is 4.35. The second-order valence-corrected chi connectivity index (χ2v) is 12.3. The number of aliphatic imine (C=N–C) groups is 2. The standard InChI is InChI=1S/C28H40N2.2C5H8O2.Ni/c1-17(2)23-13-11-14-24(18(3)4)27(23)29-21(9)22(10)30-28-25(19(5)6)15-12-16-26(28)20(7)8;2*1-4(6)3-5(2)7;/h11-20H,1-10H3;2*3,6H,1-2H3;/q;;;+2/p-2/b29-21+,30-22+;2*4-3-;. The summed E-state index contributed by atoms with van der Waals surface area (Å²) in [4.78, 5) is 30.2. The topological polar surface area (TPSA) is 105 Å². The molecule has 0 fully saturated rings. The van der Waals surface area contributed by atoms with Crippen molar-refractivity contribution in [2.45, 2.75) is 121 Å². The number of para-hydroxylation sites is 2. The summed E-state index contributed by atoms with van der Waals surface area (Å²) in [6, 6.07) is 13.2. The summed E-state index contributed by atoms with van der Waals surface area (Å²) in [6.07, 6.45) is 2.11. The van der Waals surface area contributed by atoms with Gasteiger partial charge in [-0.2, -0.15) is 0 Å². The van der Waals surface area contributed by atoms with Gasteiger partial charge in [0.25, 0.3) is 0 Å². The molecule has 0 unspecified atom stereocenters. The molecule has 2 aromatic carbocycles. The van der Waals surface area contributed by atoms with Gasteiger partial charge < -0.3 is 10.2 Å². The number of nitrogens with zero attached hydrogens (tertiary/aromatic N) is 2. The molecule has 0 aliphatic heterocycles. The molecule has 2 aromatic rings. The van der Waals surface area contributed by atoms with E-state index >= 15 is 0 Å². The van der Waals surface area contributed by atoms with Crippen molar-refractivity contribution in [3.8, 4) is 0 Å². The van der Waals surface area contributed by atoms with Crippen LogP contribution in [0.4, 0.5) is 11.4 Å². The number of carbonyl (C=O) groups excluding carboxylic acids is 2. The Kier molecular flexibility index (Phi) is 20.9. The van der Waals surface area contributed by atoms with Crippen molar-refractivity contribution >= 4 is 34.4 Å². The molecular weight excluding hydrogens is 607 g/mol. The van der Waals surface area contributed by atoms with Gasteiger partial charge in [0.15, 0.2) is 11.6 Å². The Morgan fingerprint density at radius 1 is 0.533 bits per heavy atom. The van der Waals surface area contributed by atoms with E-state index in [1.807, 2.05) is 0 Å². The molecule has 0 amide bonds. The van der Waals surface area contributed by atoms with Gasteiger partial charge in [0.05, 0.1) is 22.8 Å². The summed E-state index contributed by atoms with van der Waals surface area (Å²) < 4.78 is 0. The summed E-state index contributed by atoms with van der Waals surface area (Å²) in [5.74, 6) is 0.979. The second-order valence-electron chi connectivity index (χ2n) is 12.3. The number of ketones is 2. The minimum Gasteiger partial charge on any atom is -0.876 e. The van der Waals surface area contributed by atoms with Gasteiger partial charge in [-0.25, -0.2) is 0 Å². The van der Waals surface area contributed by atoms with Crippen LogP contribution in [-0.2, 0) is 26.1 Å². The fraction of sp³-hybridized carbons (Fsp3) is 0.474. The number of hydrogen-bond donors (Lipinski definition) is 0. The summed E-state index contributed by atoms with van der Waals surface area (Å²) in [5.41, 5.74) is 9.43. The maximum Gasteiger partial charge on any atom is 2.00 e. The molecule has 0 spiro atoms. The molecule has 0 saturated heterocycles. The van der Waals surface area contributed by atoms with Gasteiger partial charge in [-0.05, 0) is 85.8 Å². The number of benzene rings is 2. The van der Waals surface area contributed by atoms with Crippen LogP contribution in [0.5, 0.6) is 0 Å². The van der Waals surface area contributed by atoms with Crippen molar-refractivity contribution in [1.29, 1.82) is 0 Å². The first kappa shape index (κ1) is 43.8. The van der Waals surface area contributed by atoms with Gasteiger partial charge in [0, 0.05) is 0 Å². The van der Waals surface area contributed by atoms with Crippen molar-refractivity contribution in [3.63, 3.8) is 0 Å². The van der Waals surface area contributed by atoms with E-state index in [0.29, 0.717) is 23.7 Å². The van der Waals surface area contributed by atoms with Crippen LogP contribution in [0.2, 0.25) is 0 Å². The van der Waals surface area contributed by atoms with Crippen molar-refractivity contribution in [2.24, 2.45) is 9.98 Å². The molecule has 6 nitrogen and oxygen atoms in total. The average Bonchev–Trinajstić information content (AvgIpc) is 2.87. The molecule has 0 radical (unpaired) electrons. The Hall–Kier alpha value is -3.31. The van der Waals surface area contributed by atoms with Crippen molar-refractivity contribution in [3.05, 3.63) is 82.3 Å². The molecular formula is C38H54N2NiO4. The first-order valence-corrected chi connectivity index (χ1v) is 15.4. The van der Waals surface area contributed by atoms with E-state index in [2.05, 4.69) is 106 Å². The monoisotopic (exact) mass is 660 g/mol. The third kappa shape index (κ3) is 16.5. The minimum atomic E-state index is -0.187. The van der Waals surface area contributed by atoms with E-state index in [0.717, 1.165) is 35.0 Å². The van der Waals surface area contributed by atoms with Gasteiger partial charge in [0.2, 0.25) is 0 Å². The van der Waals surface area contributed by atoms with Gasteiger partial charge in [-0.15, -0.1) is 11.5 Å². The Morgan fingerprint density at radius 2 is 0.756 bits per heavy atom. The zero-order chi connectivity index (χ0) is 34.3. The number of allylic oxidation sites excluding steroid dienone is 4. The third-order valence-corrected chi connectivity index (χ3v) is 6.58. The van der Waals surface area contributed by atoms with Crippen LogP contribution in [0.1, 0.15) is 143 Å². The van der Waals surface area contributed by atoms with E-state index in [4.69, 9.17) is 9.98 Å². The number of rotatable bonds is 9. The van der Waals surface area contributed by atoms with Crippen molar-refractivity contribution < 1.29 is 36.3 Å². The van der Waals surface area contributed by atoms with E-state index < -0.39 is 0 Å². The quantitative estimate of drug-likeness (QED) is 0.116. The predicted octanol–water partition coefficient (Wildman–Crippen LogP) is 8.74. The van der Waals surface area contributed by atoms with Crippen LogP contribution < -0.4 is 10.2 Å². The summed E-state index contributed by atoms with van der Waals surface area (Å²) in [7, 11) is 0. The normalized spacial score (nSPS) is 12.4. The molecule has 0 aliphatic carbocycles. The minimum absolute atomic E-state index is 0. The summed E-state index contributed by atoms with van der Waals surface area (Å²) in [6.45, 7) is 27.5. The Labute approximate surface area is 282 Å². The van der Waals surface area contributed by atoms with Gasteiger partial charge in [0.1, 0.15) is 0 Å². The van der Waals surface area contributed by atoms with Crippen LogP contribution in [0.15, 0.2) is 70.1 Å². The first-order chi connectivity index (χ1) is 20.3. The molecule has 0 atom stereocenters. The molecule has 2 rings (SSSR count). The zero-order valence-corrected chi connectivity index (χ0v) is 30.8. The maximum atomic E-state index is 9.98. The fourth-order valence-electron chi connectivity index (χ4n) is 4.35. The van der Waals surface area contributed by atoms with Crippen molar-refractivity contribution in [2.75, 3.05) is 0 Å². The second kappa shape index (κ2) is 21.4. The van der Waals surface area contributed by atoms with E-state index in [1.165, 1.54) is 49.9 Å². The molecule has 250 valence electrons. The maximum absolute atomic E-state index is 9.98.